The molecule has 1 amide bonds. The van der Waals surface area contributed by atoms with Gasteiger partial charge in [-0.2, -0.15) is 0 Å². The molecule has 23 heavy (non-hydrogen) atoms. The van der Waals surface area contributed by atoms with Gasteiger partial charge in [0.2, 0.25) is 0 Å². The van der Waals surface area contributed by atoms with Crippen molar-refractivity contribution in [3.8, 4) is 0 Å². The van der Waals surface area contributed by atoms with Crippen LogP contribution in [0.1, 0.15) is 21.6 Å². The van der Waals surface area contributed by atoms with Gasteiger partial charge in [-0.15, -0.1) is 0 Å². The van der Waals surface area contributed by atoms with Crippen molar-refractivity contribution in [1.29, 1.82) is 0 Å². The quantitative estimate of drug-likeness (QED) is 0.662. The lowest BCUT2D eigenvalue weighted by atomic mass is 10.0. The fraction of sp³-hybridized carbons (Fsp3) is 0.176. The molecule has 3 aromatic heterocycles. The number of nitrogens with zero attached hydrogens (tertiary/aromatic N) is 4. The zero-order chi connectivity index (χ0) is 15.8. The van der Waals surface area contributed by atoms with Gasteiger partial charge >= 0.3 is 0 Å². The van der Waals surface area contributed by atoms with E-state index in [1.54, 1.807) is 30.7 Å². The molecule has 1 aliphatic heterocycles. The molecular weight excluding hydrogens is 356 g/mol. The minimum atomic E-state index is 0.0104. The van der Waals surface area contributed by atoms with Gasteiger partial charge in [0.15, 0.2) is 5.65 Å². The number of fused-ring (bicyclic) bond motifs is 2. The second kappa shape index (κ2) is 5.70. The maximum absolute atomic E-state index is 12.6. The van der Waals surface area contributed by atoms with Crippen LogP contribution in [-0.2, 0) is 13.0 Å². The maximum Gasteiger partial charge on any atom is 0.255 e. The topological polar surface area (TPSA) is 59.0 Å². The Morgan fingerprint density at radius 3 is 3.00 bits per heavy atom. The van der Waals surface area contributed by atoms with Gasteiger partial charge in [-0.3, -0.25) is 9.78 Å². The van der Waals surface area contributed by atoms with Crippen molar-refractivity contribution >= 4 is 32.9 Å². The normalized spacial score (nSPS) is 13.9. The van der Waals surface area contributed by atoms with E-state index in [4.69, 9.17) is 0 Å². The molecule has 0 saturated carbocycles. The summed E-state index contributed by atoms with van der Waals surface area (Å²) in [7, 11) is 0. The van der Waals surface area contributed by atoms with Crippen molar-refractivity contribution in [3.05, 3.63) is 64.1 Å². The van der Waals surface area contributed by atoms with Gasteiger partial charge in [-0.05, 0) is 45.8 Å². The van der Waals surface area contributed by atoms with E-state index in [0.717, 1.165) is 33.2 Å². The first-order valence-electron chi connectivity index (χ1n) is 7.34. The average molecular weight is 369 g/mol. The van der Waals surface area contributed by atoms with Crippen molar-refractivity contribution < 1.29 is 4.79 Å². The maximum atomic E-state index is 12.6. The first-order valence-corrected chi connectivity index (χ1v) is 8.13. The Morgan fingerprint density at radius 2 is 2.17 bits per heavy atom. The Morgan fingerprint density at radius 1 is 1.26 bits per heavy atom. The Bertz CT molecular complexity index is 898. The molecule has 114 valence electrons. The molecule has 4 heterocycles. The van der Waals surface area contributed by atoms with Crippen LogP contribution in [0, 0.1) is 0 Å². The summed E-state index contributed by atoms with van der Waals surface area (Å²) < 4.78 is 0.922. The number of aromatic nitrogens is 3. The number of carbonyl (C=O) groups is 1. The van der Waals surface area contributed by atoms with E-state index < -0.39 is 0 Å². The Labute approximate surface area is 141 Å². The molecule has 0 radical (unpaired) electrons. The Hall–Kier alpha value is -2.34. The molecule has 0 spiro atoms. The predicted molar refractivity (Wildman–Crippen MR) is 89.9 cm³/mol. The van der Waals surface area contributed by atoms with E-state index in [0.29, 0.717) is 18.7 Å². The molecule has 3 aromatic rings. The highest BCUT2D eigenvalue weighted by molar-refractivity contribution is 9.10. The van der Waals surface area contributed by atoms with Crippen molar-refractivity contribution in [3.63, 3.8) is 0 Å². The van der Waals surface area contributed by atoms with Crippen LogP contribution in [0.25, 0.3) is 11.0 Å². The summed E-state index contributed by atoms with van der Waals surface area (Å²) >= 11 is 3.43. The molecule has 1 aliphatic rings. The summed E-state index contributed by atoms with van der Waals surface area (Å²) in [6.45, 7) is 1.23. The molecule has 0 N–H and O–H groups in total. The Kier molecular flexibility index (Phi) is 3.53. The van der Waals surface area contributed by atoms with Crippen LogP contribution in [0.5, 0.6) is 0 Å². The fourth-order valence-electron chi connectivity index (χ4n) is 2.84. The zero-order valence-corrected chi connectivity index (χ0v) is 13.8. The highest BCUT2D eigenvalue weighted by Crippen LogP contribution is 2.24. The summed E-state index contributed by atoms with van der Waals surface area (Å²) in [5, 5.41) is 0.980. The molecule has 0 aliphatic carbocycles. The standard InChI is InChI=1S/C17H13BrN4O/c18-14-7-12-6-13-10-22(17(23)11-2-1-4-19-8-11)5-3-15(13)21-16(12)20-9-14/h1-2,4,6-9H,3,5,10H2. The predicted octanol–water partition coefficient (Wildman–Crippen LogP) is 2.99. The second-order valence-corrected chi connectivity index (χ2v) is 6.43. The van der Waals surface area contributed by atoms with E-state index in [1.165, 1.54) is 0 Å². The number of carbonyl (C=O) groups excluding carboxylic acids is 1. The number of amides is 1. The molecular formula is C17H13BrN4O. The van der Waals surface area contributed by atoms with Crippen LogP contribution < -0.4 is 0 Å². The molecule has 4 rings (SSSR count). The fourth-order valence-corrected chi connectivity index (χ4v) is 3.19. The smallest absolute Gasteiger partial charge is 0.255 e. The van der Waals surface area contributed by atoms with Crippen LogP contribution >= 0.6 is 15.9 Å². The third-order valence-corrected chi connectivity index (χ3v) is 4.41. The SMILES string of the molecule is O=C(c1cccnc1)N1CCc2nc3ncc(Br)cc3cc2C1. The molecule has 5 nitrogen and oxygen atoms in total. The van der Waals surface area contributed by atoms with Crippen molar-refractivity contribution in [2.75, 3.05) is 6.54 Å². The second-order valence-electron chi connectivity index (χ2n) is 5.51. The molecule has 0 atom stereocenters. The molecule has 0 saturated heterocycles. The van der Waals surface area contributed by atoms with Crippen molar-refractivity contribution in [1.82, 2.24) is 19.9 Å². The Balaban J connectivity index is 1.67. The minimum Gasteiger partial charge on any atom is -0.334 e. The van der Waals surface area contributed by atoms with Crippen molar-refractivity contribution in [2.45, 2.75) is 13.0 Å². The van der Waals surface area contributed by atoms with Gasteiger partial charge in [0.05, 0.1) is 5.56 Å². The van der Waals surface area contributed by atoms with Gasteiger partial charge in [-0.1, -0.05) is 0 Å². The molecule has 0 fully saturated rings. The first-order chi connectivity index (χ1) is 11.2. The van der Waals surface area contributed by atoms with Gasteiger partial charge in [0.1, 0.15) is 0 Å². The molecule has 0 aromatic carbocycles. The summed E-state index contributed by atoms with van der Waals surface area (Å²) in [5.74, 6) is 0.0104. The van der Waals surface area contributed by atoms with Crippen molar-refractivity contribution in [2.24, 2.45) is 0 Å². The lowest BCUT2D eigenvalue weighted by Crippen LogP contribution is -2.36. The molecule has 6 heteroatoms. The monoisotopic (exact) mass is 368 g/mol. The highest BCUT2D eigenvalue weighted by atomic mass is 79.9. The molecule has 0 unspecified atom stereocenters. The molecule has 0 bridgehead atoms. The van der Waals surface area contributed by atoms with Gasteiger partial charge in [0, 0.05) is 53.7 Å². The van der Waals surface area contributed by atoms with E-state index in [9.17, 15) is 4.79 Å². The van der Waals surface area contributed by atoms with Crippen LogP contribution in [0.15, 0.2) is 47.3 Å². The summed E-state index contributed by atoms with van der Waals surface area (Å²) in [6, 6.07) is 7.66. The number of halogens is 1. The zero-order valence-electron chi connectivity index (χ0n) is 12.2. The third-order valence-electron chi connectivity index (χ3n) is 3.98. The lowest BCUT2D eigenvalue weighted by molar-refractivity contribution is 0.0733. The van der Waals surface area contributed by atoms with Crippen LogP contribution in [0.4, 0.5) is 0 Å². The number of hydrogen-bond donors (Lipinski definition) is 0. The van der Waals surface area contributed by atoms with E-state index in [2.05, 4.69) is 36.9 Å². The van der Waals surface area contributed by atoms with E-state index >= 15 is 0 Å². The largest absolute Gasteiger partial charge is 0.334 e. The van der Waals surface area contributed by atoms with Gasteiger partial charge in [0.25, 0.3) is 5.91 Å². The third kappa shape index (κ3) is 2.70. The van der Waals surface area contributed by atoms with Crippen LogP contribution in [0.3, 0.4) is 0 Å². The summed E-state index contributed by atoms with van der Waals surface area (Å²) in [4.78, 5) is 27.4. The summed E-state index contributed by atoms with van der Waals surface area (Å²) in [6.07, 6.45) is 5.78. The number of hydrogen-bond acceptors (Lipinski definition) is 4. The minimum absolute atomic E-state index is 0.0104. The van der Waals surface area contributed by atoms with E-state index in [1.807, 2.05) is 11.0 Å². The van der Waals surface area contributed by atoms with Gasteiger partial charge < -0.3 is 4.90 Å². The van der Waals surface area contributed by atoms with Crippen LogP contribution in [-0.4, -0.2) is 32.3 Å². The summed E-state index contributed by atoms with van der Waals surface area (Å²) in [5.41, 5.74) is 3.48. The first kappa shape index (κ1) is 14.3. The van der Waals surface area contributed by atoms with Gasteiger partial charge in [-0.25, -0.2) is 9.97 Å². The highest BCUT2D eigenvalue weighted by Gasteiger charge is 2.23. The lowest BCUT2D eigenvalue weighted by Gasteiger charge is -2.28. The number of pyridine rings is 3. The van der Waals surface area contributed by atoms with Crippen LogP contribution in [0.2, 0.25) is 0 Å². The average Bonchev–Trinajstić information content (AvgIpc) is 2.59. The number of rotatable bonds is 1. The van der Waals surface area contributed by atoms with E-state index in [-0.39, 0.29) is 5.91 Å².